The van der Waals surface area contributed by atoms with Gasteiger partial charge in [0, 0.05) is 36.9 Å². The van der Waals surface area contributed by atoms with Crippen molar-refractivity contribution in [2.24, 2.45) is 0 Å². The van der Waals surface area contributed by atoms with Gasteiger partial charge in [0.05, 0.1) is 18.6 Å². The van der Waals surface area contributed by atoms with Crippen molar-refractivity contribution >= 4 is 28.1 Å². The van der Waals surface area contributed by atoms with Crippen LogP contribution in [-0.4, -0.2) is 33.5 Å². The van der Waals surface area contributed by atoms with Gasteiger partial charge in [0.2, 0.25) is 0 Å². The number of rotatable bonds is 7. The largest absolute Gasteiger partial charge is 0.348 e. The second-order valence-corrected chi connectivity index (χ2v) is 9.29. The number of hydrogen-bond acceptors (Lipinski definition) is 5. The van der Waals surface area contributed by atoms with Crippen molar-refractivity contribution in [2.75, 3.05) is 22.9 Å². The number of hydrogen-bond donors (Lipinski definition) is 0. The van der Waals surface area contributed by atoms with Crippen LogP contribution in [0.4, 0.5) is 15.2 Å². The molecule has 3 heterocycles. The minimum Gasteiger partial charge on any atom is -0.348 e. The molecule has 0 N–H and O–H groups in total. The molecule has 2 aromatic heterocycles. The molecule has 174 valence electrons. The molecule has 2 aromatic carbocycles. The number of nitrogens with zero attached hydrogens (tertiary/aromatic N) is 5. The van der Waals surface area contributed by atoms with Crippen LogP contribution in [0.1, 0.15) is 41.0 Å². The van der Waals surface area contributed by atoms with Crippen molar-refractivity contribution < 1.29 is 9.18 Å². The number of anilines is 2. The van der Waals surface area contributed by atoms with Crippen LogP contribution in [-0.2, 0) is 13.1 Å². The maximum atomic E-state index is 13.6. The highest BCUT2D eigenvalue weighted by molar-refractivity contribution is 7.13. The molecule has 8 heteroatoms. The molecule has 1 aliphatic rings. The molecule has 0 atom stereocenters. The Hall–Kier alpha value is -3.52. The van der Waals surface area contributed by atoms with E-state index in [0.717, 1.165) is 29.5 Å². The number of piperidine rings is 1. The third-order valence-corrected chi connectivity index (χ3v) is 6.88. The molecule has 0 aliphatic carbocycles. The van der Waals surface area contributed by atoms with E-state index in [0.29, 0.717) is 24.5 Å². The zero-order valence-corrected chi connectivity index (χ0v) is 19.6. The summed E-state index contributed by atoms with van der Waals surface area (Å²) in [6, 6.07) is 16.0. The molecule has 5 rings (SSSR count). The summed E-state index contributed by atoms with van der Waals surface area (Å²) in [5.74, 6) is -0.588. The molecule has 1 saturated heterocycles. The lowest BCUT2D eigenvalue weighted by molar-refractivity contribution is 0.0980. The fourth-order valence-electron chi connectivity index (χ4n) is 4.15. The van der Waals surface area contributed by atoms with E-state index in [9.17, 15) is 9.18 Å². The van der Waals surface area contributed by atoms with Gasteiger partial charge >= 0.3 is 0 Å². The fraction of sp³-hybridized carbons (Fsp3) is 0.269. The van der Waals surface area contributed by atoms with Crippen molar-refractivity contribution in [1.82, 2.24) is 14.5 Å². The van der Waals surface area contributed by atoms with Gasteiger partial charge in [-0.05, 0) is 49.1 Å². The molecule has 1 amide bonds. The summed E-state index contributed by atoms with van der Waals surface area (Å²) >= 11 is 1.61. The number of benzene rings is 2. The van der Waals surface area contributed by atoms with Gasteiger partial charge in [0.15, 0.2) is 5.13 Å². The van der Waals surface area contributed by atoms with E-state index >= 15 is 0 Å². The zero-order chi connectivity index (χ0) is 23.3. The molecule has 0 saturated carbocycles. The van der Waals surface area contributed by atoms with Crippen LogP contribution in [0.2, 0.25) is 0 Å². The minimum absolute atomic E-state index is 0.244. The lowest BCUT2D eigenvalue weighted by atomic mass is 10.1. The van der Waals surface area contributed by atoms with Crippen molar-refractivity contribution in [1.29, 1.82) is 0 Å². The first-order valence-electron chi connectivity index (χ1n) is 11.5. The molecule has 34 heavy (non-hydrogen) atoms. The van der Waals surface area contributed by atoms with Crippen molar-refractivity contribution in [2.45, 2.75) is 32.4 Å². The number of halogens is 1. The highest BCUT2D eigenvalue weighted by Gasteiger charge is 2.23. The standard InChI is InChI=1S/C26H26FN5OS/c27-21-9-11-23(12-10-21)32(16-22-18-34-26(29-22)31-13-5-2-6-14-31)25(33)24-17-30(19-28-24)15-20-7-3-1-4-8-20/h1,3-4,7-12,17-19H,2,5-6,13-16H2. The van der Waals surface area contributed by atoms with E-state index in [1.807, 2.05) is 40.3 Å². The van der Waals surface area contributed by atoms with Gasteiger partial charge in [-0.15, -0.1) is 11.3 Å². The van der Waals surface area contributed by atoms with E-state index < -0.39 is 0 Å². The van der Waals surface area contributed by atoms with E-state index in [2.05, 4.69) is 9.88 Å². The molecule has 0 unspecified atom stereocenters. The summed E-state index contributed by atoms with van der Waals surface area (Å²) in [4.78, 5) is 26.6. The molecular formula is C26H26FN5OS. The SMILES string of the molecule is O=C(c1cn(Cc2ccccc2)cn1)N(Cc1csc(N2CCCCC2)n1)c1ccc(F)cc1. The lowest BCUT2D eigenvalue weighted by Gasteiger charge is -2.26. The van der Waals surface area contributed by atoms with Crippen LogP contribution in [0.3, 0.4) is 0 Å². The summed E-state index contributed by atoms with van der Waals surface area (Å²) in [5, 5.41) is 3.00. The van der Waals surface area contributed by atoms with Gasteiger partial charge < -0.3 is 14.4 Å². The van der Waals surface area contributed by atoms with Crippen LogP contribution in [0, 0.1) is 5.82 Å². The number of imidazole rings is 1. The first-order chi connectivity index (χ1) is 16.7. The molecule has 4 aromatic rings. The van der Waals surface area contributed by atoms with E-state index in [-0.39, 0.29) is 11.7 Å². The first-order valence-corrected chi connectivity index (χ1v) is 12.4. The Morgan fingerprint density at radius 1 is 1.03 bits per heavy atom. The highest BCUT2D eigenvalue weighted by atomic mass is 32.1. The van der Waals surface area contributed by atoms with Crippen LogP contribution in [0.25, 0.3) is 0 Å². The third-order valence-electron chi connectivity index (χ3n) is 5.93. The van der Waals surface area contributed by atoms with Gasteiger partial charge in [-0.1, -0.05) is 30.3 Å². The van der Waals surface area contributed by atoms with Gasteiger partial charge in [0.25, 0.3) is 5.91 Å². The Balaban J connectivity index is 1.37. The second kappa shape index (κ2) is 10.2. The van der Waals surface area contributed by atoms with Gasteiger partial charge in [-0.3, -0.25) is 4.79 Å². The summed E-state index contributed by atoms with van der Waals surface area (Å²) in [6.45, 7) is 2.96. The topological polar surface area (TPSA) is 54.3 Å². The normalized spacial score (nSPS) is 13.7. The Kier molecular flexibility index (Phi) is 6.67. The zero-order valence-electron chi connectivity index (χ0n) is 18.8. The third kappa shape index (κ3) is 5.17. The number of carbonyl (C=O) groups excluding carboxylic acids is 1. The van der Waals surface area contributed by atoms with Crippen molar-refractivity contribution in [3.63, 3.8) is 0 Å². The summed E-state index contributed by atoms with van der Waals surface area (Å²) in [7, 11) is 0. The monoisotopic (exact) mass is 475 g/mol. The molecular weight excluding hydrogens is 449 g/mol. The predicted molar refractivity (Wildman–Crippen MR) is 133 cm³/mol. The lowest BCUT2D eigenvalue weighted by Crippen LogP contribution is -2.31. The summed E-state index contributed by atoms with van der Waals surface area (Å²) < 4.78 is 15.5. The van der Waals surface area contributed by atoms with E-state index in [1.54, 1.807) is 40.9 Å². The first kappa shape index (κ1) is 22.3. The Labute approximate surface area is 202 Å². The molecule has 6 nitrogen and oxygen atoms in total. The number of thiazole rings is 1. The Bertz CT molecular complexity index is 1230. The Morgan fingerprint density at radius 2 is 1.79 bits per heavy atom. The van der Waals surface area contributed by atoms with Gasteiger partial charge in [0.1, 0.15) is 11.5 Å². The number of amides is 1. The van der Waals surface area contributed by atoms with Gasteiger partial charge in [-0.2, -0.15) is 0 Å². The quantitative estimate of drug-likeness (QED) is 0.361. The molecule has 1 aliphatic heterocycles. The smallest absolute Gasteiger partial charge is 0.278 e. The summed E-state index contributed by atoms with van der Waals surface area (Å²) in [6.07, 6.45) is 7.05. The van der Waals surface area contributed by atoms with Crippen LogP contribution in [0.5, 0.6) is 0 Å². The van der Waals surface area contributed by atoms with Crippen molar-refractivity contribution in [3.05, 3.63) is 95.3 Å². The highest BCUT2D eigenvalue weighted by Crippen LogP contribution is 2.26. The van der Waals surface area contributed by atoms with Gasteiger partial charge in [-0.25, -0.2) is 14.4 Å². The minimum atomic E-state index is -0.343. The van der Waals surface area contributed by atoms with E-state index in [1.165, 1.54) is 31.4 Å². The number of carbonyl (C=O) groups is 1. The average Bonchev–Trinajstić information content (AvgIpc) is 3.54. The van der Waals surface area contributed by atoms with Crippen LogP contribution < -0.4 is 9.80 Å². The van der Waals surface area contributed by atoms with Crippen LogP contribution in [0.15, 0.2) is 72.5 Å². The molecule has 1 fully saturated rings. The maximum Gasteiger partial charge on any atom is 0.278 e. The second-order valence-electron chi connectivity index (χ2n) is 8.45. The van der Waals surface area contributed by atoms with E-state index in [4.69, 9.17) is 4.98 Å². The predicted octanol–water partition coefficient (Wildman–Crippen LogP) is 5.36. The Morgan fingerprint density at radius 3 is 2.56 bits per heavy atom. The fourth-order valence-corrected chi connectivity index (χ4v) is 5.02. The maximum absolute atomic E-state index is 13.6. The average molecular weight is 476 g/mol. The molecule has 0 bridgehead atoms. The van der Waals surface area contributed by atoms with Crippen LogP contribution >= 0.6 is 11.3 Å². The molecule has 0 radical (unpaired) electrons. The summed E-state index contributed by atoms with van der Waals surface area (Å²) in [5.41, 5.74) is 2.89. The van der Waals surface area contributed by atoms with Crippen molar-refractivity contribution in [3.8, 4) is 0 Å². The molecule has 0 spiro atoms. The number of aromatic nitrogens is 3.